The molecule has 1 aromatic heterocycles. The first-order valence-electron chi connectivity index (χ1n) is 12.3. The molecule has 1 saturated heterocycles. The van der Waals surface area contributed by atoms with E-state index in [2.05, 4.69) is 25.3 Å². The number of hydrogen-bond acceptors (Lipinski definition) is 3. The lowest BCUT2D eigenvalue weighted by molar-refractivity contribution is -0.134. The monoisotopic (exact) mass is 507 g/mol. The van der Waals surface area contributed by atoms with Crippen molar-refractivity contribution in [3.63, 3.8) is 0 Å². The van der Waals surface area contributed by atoms with Gasteiger partial charge in [0.1, 0.15) is 5.75 Å². The van der Waals surface area contributed by atoms with E-state index in [-0.39, 0.29) is 17.2 Å². The van der Waals surface area contributed by atoms with Gasteiger partial charge in [-0.15, -0.1) is 0 Å². The Kier molecular flexibility index (Phi) is 7.46. The maximum absolute atomic E-state index is 13.7. The number of carbonyl (C=O) groups is 2. The van der Waals surface area contributed by atoms with Crippen molar-refractivity contribution in [2.45, 2.75) is 34.1 Å². The minimum atomic E-state index is -0.0520. The van der Waals surface area contributed by atoms with Crippen LogP contribution in [0.15, 0.2) is 54.6 Å². The van der Waals surface area contributed by atoms with Crippen LogP contribution in [0.2, 0.25) is 5.02 Å². The molecule has 2 amide bonds. The van der Waals surface area contributed by atoms with Gasteiger partial charge in [-0.25, -0.2) is 0 Å². The molecule has 6 nitrogen and oxygen atoms in total. The van der Waals surface area contributed by atoms with Crippen LogP contribution in [0, 0.1) is 12.3 Å². The summed E-state index contributed by atoms with van der Waals surface area (Å²) in [7, 11) is 1.64. The molecular weight excluding hydrogens is 474 g/mol. The molecule has 0 spiro atoms. The van der Waals surface area contributed by atoms with Crippen LogP contribution < -0.4 is 4.74 Å². The van der Waals surface area contributed by atoms with Crippen molar-refractivity contribution in [2.24, 2.45) is 5.41 Å². The van der Waals surface area contributed by atoms with Gasteiger partial charge in [0.05, 0.1) is 18.4 Å². The lowest BCUT2D eigenvalue weighted by Gasteiger charge is -2.36. The van der Waals surface area contributed by atoms with Crippen LogP contribution in [0.4, 0.5) is 0 Å². The van der Waals surface area contributed by atoms with Gasteiger partial charge in [-0.3, -0.25) is 9.59 Å². The summed E-state index contributed by atoms with van der Waals surface area (Å²) in [5.74, 6) is 0.908. The Hall–Kier alpha value is -3.25. The van der Waals surface area contributed by atoms with E-state index < -0.39 is 0 Å². The van der Waals surface area contributed by atoms with Gasteiger partial charge >= 0.3 is 0 Å². The molecule has 0 unspecified atom stereocenters. The Morgan fingerprint density at radius 1 is 0.917 bits per heavy atom. The van der Waals surface area contributed by atoms with Gasteiger partial charge in [0, 0.05) is 49.0 Å². The predicted octanol–water partition coefficient (Wildman–Crippen LogP) is 5.84. The molecule has 0 N–H and O–H groups in total. The van der Waals surface area contributed by atoms with E-state index in [4.69, 9.17) is 16.3 Å². The number of aromatic nitrogens is 1. The lowest BCUT2D eigenvalue weighted by atomic mass is 9.91. The number of piperazine rings is 1. The average Bonchev–Trinajstić information content (AvgIpc) is 3.20. The number of amides is 2. The quantitative estimate of drug-likeness (QED) is 0.436. The van der Waals surface area contributed by atoms with Crippen molar-refractivity contribution in [3.05, 3.63) is 70.9 Å². The number of benzene rings is 2. The first kappa shape index (κ1) is 25.8. The zero-order valence-corrected chi connectivity index (χ0v) is 22.4. The van der Waals surface area contributed by atoms with E-state index in [1.807, 2.05) is 71.3 Å². The summed E-state index contributed by atoms with van der Waals surface area (Å²) < 4.78 is 7.42. The maximum atomic E-state index is 13.7. The highest BCUT2D eigenvalue weighted by Gasteiger charge is 2.29. The summed E-state index contributed by atoms with van der Waals surface area (Å²) in [5, 5.41) is 0.660. The third kappa shape index (κ3) is 5.59. The number of rotatable bonds is 5. The largest absolute Gasteiger partial charge is 0.497 e. The number of nitrogens with zero attached hydrogens (tertiary/aromatic N) is 3. The number of methoxy groups -OCH3 is 1. The Morgan fingerprint density at radius 2 is 1.50 bits per heavy atom. The van der Waals surface area contributed by atoms with Crippen molar-refractivity contribution >= 4 is 23.4 Å². The number of halogens is 1. The highest BCUT2D eigenvalue weighted by Crippen LogP contribution is 2.32. The molecule has 0 atom stereocenters. The van der Waals surface area contributed by atoms with Gasteiger partial charge in [-0.05, 0) is 60.4 Å². The highest BCUT2D eigenvalue weighted by molar-refractivity contribution is 6.30. The Morgan fingerprint density at radius 3 is 2.06 bits per heavy atom. The van der Waals surface area contributed by atoms with Crippen molar-refractivity contribution in [1.82, 2.24) is 14.4 Å². The Balaban J connectivity index is 1.63. The Bertz CT molecular complexity index is 1230. The summed E-state index contributed by atoms with van der Waals surface area (Å²) in [6.45, 7) is 10.3. The molecule has 2 aromatic carbocycles. The third-order valence-electron chi connectivity index (χ3n) is 6.55. The van der Waals surface area contributed by atoms with Crippen molar-refractivity contribution < 1.29 is 14.3 Å². The fourth-order valence-electron chi connectivity index (χ4n) is 4.62. The summed E-state index contributed by atoms with van der Waals surface area (Å²) in [5.41, 5.74) is 4.29. The zero-order chi connectivity index (χ0) is 26.0. The van der Waals surface area contributed by atoms with E-state index in [9.17, 15) is 9.59 Å². The summed E-state index contributed by atoms with van der Waals surface area (Å²) in [6, 6.07) is 17.4. The second-order valence-corrected chi connectivity index (χ2v) is 10.9. The Labute approximate surface area is 218 Å². The van der Waals surface area contributed by atoms with Crippen LogP contribution >= 0.6 is 11.6 Å². The molecule has 7 heteroatoms. The smallest absolute Gasteiger partial charge is 0.255 e. The van der Waals surface area contributed by atoms with Gasteiger partial charge in [0.25, 0.3) is 5.91 Å². The zero-order valence-electron chi connectivity index (χ0n) is 21.7. The van der Waals surface area contributed by atoms with Gasteiger partial charge in [-0.1, -0.05) is 44.5 Å². The van der Waals surface area contributed by atoms with Gasteiger partial charge in [0.15, 0.2) is 0 Å². The van der Waals surface area contributed by atoms with Crippen LogP contribution in [0.25, 0.3) is 16.9 Å². The average molecular weight is 508 g/mol. The lowest BCUT2D eigenvalue weighted by Crippen LogP contribution is -2.51. The fraction of sp³-hybridized carbons (Fsp3) is 0.379. The molecule has 3 aromatic rings. The number of hydrogen-bond donors (Lipinski definition) is 0. The molecule has 190 valence electrons. The highest BCUT2D eigenvalue weighted by atomic mass is 35.5. The van der Waals surface area contributed by atoms with Crippen LogP contribution in [0.5, 0.6) is 5.75 Å². The first-order chi connectivity index (χ1) is 17.1. The van der Waals surface area contributed by atoms with Crippen molar-refractivity contribution in [2.75, 3.05) is 33.3 Å². The molecule has 1 aliphatic heterocycles. The summed E-state index contributed by atoms with van der Waals surface area (Å²) in [6.07, 6.45) is 0.509. The first-order valence-corrected chi connectivity index (χ1v) is 12.6. The molecule has 0 radical (unpaired) electrons. The molecule has 0 saturated carbocycles. The number of carbonyl (C=O) groups excluding carboxylic acids is 2. The van der Waals surface area contributed by atoms with E-state index in [0.717, 1.165) is 28.4 Å². The molecule has 36 heavy (non-hydrogen) atoms. The van der Waals surface area contributed by atoms with Crippen LogP contribution in [0.1, 0.15) is 43.2 Å². The summed E-state index contributed by atoms with van der Waals surface area (Å²) >= 11 is 6.14. The topological polar surface area (TPSA) is 54.8 Å². The van der Waals surface area contributed by atoms with Crippen LogP contribution in [-0.4, -0.2) is 59.5 Å². The second kappa shape index (κ2) is 10.4. The van der Waals surface area contributed by atoms with Crippen LogP contribution in [0.3, 0.4) is 0 Å². The maximum Gasteiger partial charge on any atom is 0.255 e. The van der Waals surface area contributed by atoms with Crippen molar-refractivity contribution in [3.8, 4) is 22.7 Å². The standard InChI is InChI=1S/C29H34ClN3O3/c1-20-25(28(35)32-16-14-31(15-17-32)27(34)19-29(2,3)4)18-26(21-6-8-22(30)9-7-21)33(20)23-10-12-24(36-5)13-11-23/h6-13,18H,14-17,19H2,1-5H3. The molecule has 0 aliphatic carbocycles. The second-order valence-electron chi connectivity index (χ2n) is 10.5. The summed E-state index contributed by atoms with van der Waals surface area (Å²) in [4.78, 5) is 30.1. The SMILES string of the molecule is COc1ccc(-n2c(-c3ccc(Cl)cc3)cc(C(=O)N3CCN(C(=O)CC(C)(C)C)CC3)c2C)cc1. The minimum absolute atomic E-state index is 0.0158. The van der Waals surface area contributed by atoms with E-state index >= 15 is 0 Å². The fourth-order valence-corrected chi connectivity index (χ4v) is 4.74. The van der Waals surface area contributed by atoms with Gasteiger partial charge in [-0.2, -0.15) is 0 Å². The van der Waals surface area contributed by atoms with Gasteiger partial charge in [0.2, 0.25) is 5.91 Å². The molecule has 0 bridgehead atoms. The van der Waals surface area contributed by atoms with E-state index in [0.29, 0.717) is 43.2 Å². The normalized spacial score (nSPS) is 14.2. The minimum Gasteiger partial charge on any atom is -0.497 e. The van der Waals surface area contributed by atoms with E-state index in [1.54, 1.807) is 7.11 Å². The van der Waals surface area contributed by atoms with Gasteiger partial charge < -0.3 is 19.1 Å². The molecule has 1 fully saturated rings. The molecular formula is C29H34ClN3O3. The van der Waals surface area contributed by atoms with E-state index in [1.165, 1.54) is 0 Å². The third-order valence-corrected chi connectivity index (χ3v) is 6.80. The predicted molar refractivity (Wildman–Crippen MR) is 144 cm³/mol. The molecule has 1 aliphatic rings. The molecule has 2 heterocycles. The van der Waals surface area contributed by atoms with Crippen LogP contribution in [-0.2, 0) is 4.79 Å². The molecule has 4 rings (SSSR count). The van der Waals surface area contributed by atoms with Crippen molar-refractivity contribution in [1.29, 1.82) is 0 Å². The number of ether oxygens (including phenoxy) is 1.